The van der Waals surface area contributed by atoms with Crippen LogP contribution in [0.25, 0.3) is 0 Å². The predicted octanol–water partition coefficient (Wildman–Crippen LogP) is 2.47. The minimum Gasteiger partial charge on any atom is -0.369 e. The van der Waals surface area contributed by atoms with Crippen molar-refractivity contribution in [3.05, 3.63) is 41.7 Å². The molecular weight excluding hydrogens is 240 g/mol. The van der Waals surface area contributed by atoms with Gasteiger partial charge in [0.2, 0.25) is 5.95 Å². The van der Waals surface area contributed by atoms with Crippen LogP contribution in [0.2, 0.25) is 0 Å². The molecule has 0 aliphatic heterocycles. The topological polar surface area (TPSA) is 52.0 Å². The first-order valence-electron chi connectivity index (χ1n) is 6.56. The molecule has 0 spiro atoms. The lowest BCUT2D eigenvalue weighted by molar-refractivity contribution is 0.125. The highest BCUT2D eigenvalue weighted by Crippen LogP contribution is 2.25. The second-order valence-electron chi connectivity index (χ2n) is 4.18. The summed E-state index contributed by atoms with van der Waals surface area (Å²) in [7, 11) is 1.69. The molecular formula is C14H20N4O. The molecule has 1 N–H and O–H groups in total. The second kappa shape index (κ2) is 6.33. The van der Waals surface area contributed by atoms with Crippen molar-refractivity contribution in [2.75, 3.05) is 19.0 Å². The number of hydrogen-bond donors (Lipinski definition) is 1. The Morgan fingerprint density at radius 3 is 2.53 bits per heavy atom. The SMILES string of the molecule is CCNc1nnc(C(OC)c2ccccc2)n1CC. The largest absolute Gasteiger partial charge is 0.369 e. The van der Waals surface area contributed by atoms with Crippen molar-refractivity contribution in [3.63, 3.8) is 0 Å². The second-order valence-corrected chi connectivity index (χ2v) is 4.18. The molecule has 1 aromatic heterocycles. The van der Waals surface area contributed by atoms with Crippen LogP contribution in [0.4, 0.5) is 5.95 Å². The summed E-state index contributed by atoms with van der Waals surface area (Å²) in [6, 6.07) is 10.1. The average Bonchev–Trinajstić information content (AvgIpc) is 2.84. The summed E-state index contributed by atoms with van der Waals surface area (Å²) in [6.45, 7) is 5.74. The Bertz CT molecular complexity index is 509. The Kier molecular flexibility index (Phi) is 4.52. The summed E-state index contributed by atoms with van der Waals surface area (Å²) in [5.41, 5.74) is 1.08. The molecule has 5 heteroatoms. The van der Waals surface area contributed by atoms with Gasteiger partial charge >= 0.3 is 0 Å². The zero-order chi connectivity index (χ0) is 13.7. The number of benzene rings is 1. The standard InChI is InChI=1S/C14H20N4O/c1-4-15-14-17-16-13(18(14)5-2)12(19-3)11-9-7-6-8-10-11/h6-10,12H,4-5H2,1-3H3,(H,15,17). The van der Waals surface area contributed by atoms with Gasteiger partial charge in [0.25, 0.3) is 0 Å². The normalized spacial score (nSPS) is 12.4. The summed E-state index contributed by atoms with van der Waals surface area (Å²) >= 11 is 0. The van der Waals surface area contributed by atoms with Crippen LogP contribution in [0.5, 0.6) is 0 Å². The molecule has 0 bridgehead atoms. The highest BCUT2D eigenvalue weighted by Gasteiger charge is 2.21. The molecule has 0 saturated heterocycles. The van der Waals surface area contributed by atoms with E-state index in [1.54, 1.807) is 7.11 Å². The van der Waals surface area contributed by atoms with Gasteiger partial charge in [-0.1, -0.05) is 30.3 Å². The monoisotopic (exact) mass is 260 g/mol. The Labute approximate surface area is 113 Å². The molecule has 0 amide bonds. The highest BCUT2D eigenvalue weighted by molar-refractivity contribution is 5.30. The fourth-order valence-electron chi connectivity index (χ4n) is 2.13. The van der Waals surface area contributed by atoms with E-state index >= 15 is 0 Å². The Morgan fingerprint density at radius 1 is 1.21 bits per heavy atom. The van der Waals surface area contributed by atoms with Crippen LogP contribution in [0, 0.1) is 0 Å². The van der Waals surface area contributed by atoms with Crippen LogP contribution in [-0.2, 0) is 11.3 Å². The maximum absolute atomic E-state index is 5.61. The third-order valence-electron chi connectivity index (χ3n) is 3.00. The van der Waals surface area contributed by atoms with Crippen LogP contribution in [-0.4, -0.2) is 28.4 Å². The number of ether oxygens (including phenoxy) is 1. The van der Waals surface area contributed by atoms with Crippen molar-refractivity contribution in [2.24, 2.45) is 0 Å². The van der Waals surface area contributed by atoms with E-state index in [0.717, 1.165) is 30.4 Å². The zero-order valence-electron chi connectivity index (χ0n) is 11.6. The maximum Gasteiger partial charge on any atom is 0.224 e. The first-order valence-corrected chi connectivity index (χ1v) is 6.56. The zero-order valence-corrected chi connectivity index (χ0v) is 11.6. The summed E-state index contributed by atoms with van der Waals surface area (Å²) < 4.78 is 7.65. The Hall–Kier alpha value is -1.88. The predicted molar refractivity (Wildman–Crippen MR) is 75.2 cm³/mol. The van der Waals surface area contributed by atoms with Crippen molar-refractivity contribution in [1.29, 1.82) is 0 Å². The fourth-order valence-corrected chi connectivity index (χ4v) is 2.13. The van der Waals surface area contributed by atoms with E-state index < -0.39 is 0 Å². The molecule has 0 fully saturated rings. The first-order chi connectivity index (χ1) is 9.31. The van der Waals surface area contributed by atoms with Crippen molar-refractivity contribution in [3.8, 4) is 0 Å². The van der Waals surface area contributed by atoms with Gasteiger partial charge in [-0.05, 0) is 19.4 Å². The van der Waals surface area contributed by atoms with E-state index in [1.807, 2.05) is 41.8 Å². The van der Waals surface area contributed by atoms with Gasteiger partial charge < -0.3 is 10.1 Å². The van der Waals surface area contributed by atoms with E-state index in [0.29, 0.717) is 0 Å². The molecule has 5 nitrogen and oxygen atoms in total. The Balaban J connectivity index is 2.38. The van der Waals surface area contributed by atoms with Crippen molar-refractivity contribution < 1.29 is 4.74 Å². The molecule has 102 valence electrons. The smallest absolute Gasteiger partial charge is 0.224 e. The lowest BCUT2D eigenvalue weighted by Crippen LogP contribution is -2.13. The lowest BCUT2D eigenvalue weighted by atomic mass is 10.1. The maximum atomic E-state index is 5.61. The summed E-state index contributed by atoms with van der Waals surface area (Å²) in [6.07, 6.45) is -0.193. The van der Waals surface area contributed by atoms with Gasteiger partial charge in [0, 0.05) is 20.2 Å². The van der Waals surface area contributed by atoms with Crippen molar-refractivity contribution in [2.45, 2.75) is 26.5 Å². The van der Waals surface area contributed by atoms with Crippen LogP contribution in [0.15, 0.2) is 30.3 Å². The molecule has 1 unspecified atom stereocenters. The van der Waals surface area contributed by atoms with Crippen molar-refractivity contribution in [1.82, 2.24) is 14.8 Å². The van der Waals surface area contributed by atoms with Gasteiger partial charge in [-0.2, -0.15) is 0 Å². The molecule has 0 aliphatic rings. The van der Waals surface area contributed by atoms with E-state index in [4.69, 9.17) is 4.74 Å². The van der Waals surface area contributed by atoms with Crippen LogP contribution < -0.4 is 5.32 Å². The van der Waals surface area contributed by atoms with E-state index in [9.17, 15) is 0 Å². The lowest BCUT2D eigenvalue weighted by Gasteiger charge is -2.16. The third kappa shape index (κ3) is 2.76. The number of methoxy groups -OCH3 is 1. The molecule has 19 heavy (non-hydrogen) atoms. The van der Waals surface area contributed by atoms with Crippen LogP contribution in [0.1, 0.15) is 31.3 Å². The van der Waals surface area contributed by atoms with E-state index in [-0.39, 0.29) is 6.10 Å². The van der Waals surface area contributed by atoms with Gasteiger partial charge in [0.1, 0.15) is 6.10 Å². The number of nitrogens with one attached hydrogen (secondary N) is 1. The van der Waals surface area contributed by atoms with Gasteiger partial charge in [-0.25, -0.2) is 0 Å². The summed E-state index contributed by atoms with van der Waals surface area (Å²) in [4.78, 5) is 0. The minimum atomic E-state index is -0.193. The summed E-state index contributed by atoms with van der Waals surface area (Å²) in [5.74, 6) is 1.62. The van der Waals surface area contributed by atoms with Gasteiger partial charge in [-0.15, -0.1) is 10.2 Å². The molecule has 0 saturated carbocycles. The van der Waals surface area contributed by atoms with Crippen LogP contribution >= 0.6 is 0 Å². The number of hydrogen-bond acceptors (Lipinski definition) is 4. The third-order valence-corrected chi connectivity index (χ3v) is 3.00. The number of anilines is 1. The average molecular weight is 260 g/mol. The fraction of sp³-hybridized carbons (Fsp3) is 0.429. The van der Waals surface area contributed by atoms with Crippen LogP contribution in [0.3, 0.4) is 0 Å². The summed E-state index contributed by atoms with van der Waals surface area (Å²) in [5, 5.41) is 11.7. The highest BCUT2D eigenvalue weighted by atomic mass is 16.5. The van der Waals surface area contributed by atoms with E-state index in [1.165, 1.54) is 0 Å². The van der Waals surface area contributed by atoms with Crippen molar-refractivity contribution >= 4 is 5.95 Å². The van der Waals surface area contributed by atoms with Gasteiger partial charge in [0.15, 0.2) is 5.82 Å². The van der Waals surface area contributed by atoms with Gasteiger partial charge in [0.05, 0.1) is 0 Å². The van der Waals surface area contributed by atoms with Gasteiger partial charge in [-0.3, -0.25) is 4.57 Å². The molecule has 0 aliphatic carbocycles. The molecule has 0 radical (unpaired) electrons. The molecule has 1 heterocycles. The molecule has 2 rings (SSSR count). The number of nitrogens with zero attached hydrogens (tertiary/aromatic N) is 3. The molecule has 1 aromatic carbocycles. The Morgan fingerprint density at radius 2 is 1.95 bits per heavy atom. The number of aromatic nitrogens is 3. The molecule has 1 atom stereocenters. The quantitative estimate of drug-likeness (QED) is 0.867. The number of rotatable bonds is 6. The molecule has 2 aromatic rings. The first kappa shape index (κ1) is 13.5. The van der Waals surface area contributed by atoms with E-state index in [2.05, 4.69) is 22.4 Å². The minimum absolute atomic E-state index is 0.193.